The number of benzene rings is 1. The second-order valence-corrected chi connectivity index (χ2v) is 5.01. The molecule has 0 spiro atoms. The van der Waals surface area contributed by atoms with Gasteiger partial charge in [0.1, 0.15) is 5.75 Å². The van der Waals surface area contributed by atoms with E-state index in [0.29, 0.717) is 0 Å². The van der Waals surface area contributed by atoms with E-state index in [0.717, 1.165) is 16.9 Å². The third-order valence-electron chi connectivity index (χ3n) is 3.35. The molecule has 2 N–H and O–H groups in total. The van der Waals surface area contributed by atoms with Gasteiger partial charge in [0.15, 0.2) is 0 Å². The van der Waals surface area contributed by atoms with Crippen molar-refractivity contribution in [2.24, 2.45) is 0 Å². The van der Waals surface area contributed by atoms with Gasteiger partial charge in [0.25, 0.3) is 0 Å². The van der Waals surface area contributed by atoms with E-state index in [4.69, 9.17) is 4.74 Å². The van der Waals surface area contributed by atoms with Gasteiger partial charge < -0.3 is 15.4 Å². The van der Waals surface area contributed by atoms with Crippen LogP contribution >= 0.6 is 0 Å². The maximum absolute atomic E-state index is 11.9. The van der Waals surface area contributed by atoms with Gasteiger partial charge in [0.2, 0.25) is 0 Å². The monoisotopic (exact) mass is 313 g/mol. The molecule has 0 saturated heterocycles. The molecule has 0 bridgehead atoms. The topological polar surface area (TPSA) is 80.3 Å². The summed E-state index contributed by atoms with van der Waals surface area (Å²) >= 11 is 0. The van der Waals surface area contributed by atoms with Gasteiger partial charge in [-0.25, -0.2) is 0 Å². The van der Waals surface area contributed by atoms with Crippen LogP contribution in [0.4, 0.5) is 0 Å². The summed E-state index contributed by atoms with van der Waals surface area (Å²) in [5, 5.41) is 5.23. The van der Waals surface area contributed by atoms with E-state index < -0.39 is 11.8 Å². The van der Waals surface area contributed by atoms with Crippen LogP contribution in [0, 0.1) is 0 Å². The van der Waals surface area contributed by atoms with Crippen LogP contribution in [0.3, 0.4) is 0 Å². The first-order valence-electron chi connectivity index (χ1n) is 7.21. The van der Waals surface area contributed by atoms with Gasteiger partial charge in [0.05, 0.1) is 13.2 Å². The zero-order valence-corrected chi connectivity index (χ0v) is 13.1. The minimum absolute atomic E-state index is 0.261. The van der Waals surface area contributed by atoms with Gasteiger partial charge in [0, 0.05) is 18.9 Å². The first-order valence-corrected chi connectivity index (χ1v) is 7.21. The summed E-state index contributed by atoms with van der Waals surface area (Å²) in [7, 11) is 1.59. The molecular formula is C17H19N3O3. The number of aromatic nitrogens is 1. The molecule has 2 rings (SSSR count). The number of nitrogens with zero attached hydrogens (tertiary/aromatic N) is 1. The first-order chi connectivity index (χ1) is 11.1. The minimum Gasteiger partial charge on any atom is -0.497 e. The van der Waals surface area contributed by atoms with Crippen LogP contribution in [0.15, 0.2) is 48.8 Å². The van der Waals surface area contributed by atoms with Gasteiger partial charge in [-0.2, -0.15) is 0 Å². The molecule has 0 aliphatic rings. The predicted molar refractivity (Wildman–Crippen MR) is 85.6 cm³/mol. The molecule has 120 valence electrons. The van der Waals surface area contributed by atoms with Crippen LogP contribution in [0.1, 0.15) is 24.1 Å². The highest BCUT2D eigenvalue weighted by molar-refractivity contribution is 6.35. The quantitative estimate of drug-likeness (QED) is 0.821. The molecule has 0 aliphatic carbocycles. The van der Waals surface area contributed by atoms with E-state index in [1.165, 1.54) is 0 Å². The fraction of sp³-hybridized carbons (Fsp3) is 0.235. The Kier molecular flexibility index (Phi) is 5.68. The van der Waals surface area contributed by atoms with Crippen molar-refractivity contribution in [1.82, 2.24) is 15.6 Å². The molecular weight excluding hydrogens is 294 g/mol. The average Bonchev–Trinajstić information content (AvgIpc) is 2.60. The zero-order valence-electron chi connectivity index (χ0n) is 13.1. The predicted octanol–water partition coefficient (Wildman–Crippen LogP) is 1.58. The van der Waals surface area contributed by atoms with E-state index in [1.807, 2.05) is 25.1 Å². The number of rotatable bonds is 5. The number of carbonyl (C=O) groups is 2. The van der Waals surface area contributed by atoms with Crippen molar-refractivity contribution in [2.75, 3.05) is 7.11 Å². The molecule has 1 aromatic carbocycles. The number of methoxy groups -OCH3 is 1. The molecule has 6 heteroatoms. The fourth-order valence-electron chi connectivity index (χ4n) is 2.00. The molecule has 6 nitrogen and oxygen atoms in total. The van der Waals surface area contributed by atoms with Gasteiger partial charge in [-0.3, -0.25) is 14.6 Å². The van der Waals surface area contributed by atoms with E-state index in [1.54, 1.807) is 37.7 Å². The zero-order chi connectivity index (χ0) is 16.7. The fourth-order valence-corrected chi connectivity index (χ4v) is 2.00. The molecule has 0 unspecified atom stereocenters. The molecule has 0 fully saturated rings. The molecule has 2 amide bonds. The summed E-state index contributed by atoms with van der Waals surface area (Å²) in [6.45, 7) is 2.07. The Labute approximate surface area is 134 Å². The Morgan fingerprint density at radius 3 is 2.52 bits per heavy atom. The van der Waals surface area contributed by atoms with Crippen molar-refractivity contribution in [1.29, 1.82) is 0 Å². The Bertz CT molecular complexity index is 657. The largest absolute Gasteiger partial charge is 0.497 e. The van der Waals surface area contributed by atoms with Crippen molar-refractivity contribution in [3.63, 3.8) is 0 Å². The summed E-state index contributed by atoms with van der Waals surface area (Å²) in [6, 6.07) is 10.6. The summed E-state index contributed by atoms with van der Waals surface area (Å²) in [6.07, 6.45) is 3.28. The van der Waals surface area contributed by atoms with Crippen LogP contribution in [0.2, 0.25) is 0 Å². The number of ether oxygens (including phenoxy) is 1. The van der Waals surface area contributed by atoms with E-state index in [-0.39, 0.29) is 12.6 Å². The van der Waals surface area contributed by atoms with Crippen LogP contribution < -0.4 is 15.4 Å². The van der Waals surface area contributed by atoms with Gasteiger partial charge in [-0.1, -0.05) is 18.2 Å². The molecule has 1 heterocycles. The number of carbonyl (C=O) groups excluding carboxylic acids is 2. The standard InChI is InChI=1S/C17H19N3O3/c1-12(14-5-7-15(23-2)8-6-14)20-17(22)16(21)19-11-13-4-3-9-18-10-13/h3-10,12H,11H2,1-2H3,(H,19,21)(H,20,22)/t12-/m0/s1. The highest BCUT2D eigenvalue weighted by atomic mass is 16.5. The third-order valence-corrected chi connectivity index (χ3v) is 3.35. The molecule has 23 heavy (non-hydrogen) atoms. The molecule has 0 saturated carbocycles. The molecule has 0 aliphatic heterocycles. The highest BCUT2D eigenvalue weighted by Gasteiger charge is 2.16. The summed E-state index contributed by atoms with van der Waals surface area (Å²) in [5.41, 5.74) is 1.72. The SMILES string of the molecule is COc1ccc([C@H](C)NC(=O)C(=O)NCc2cccnc2)cc1. The minimum atomic E-state index is -0.672. The summed E-state index contributed by atoms with van der Waals surface area (Å²) in [5.74, 6) is -0.604. The Morgan fingerprint density at radius 1 is 1.17 bits per heavy atom. The van der Waals surface area contributed by atoms with E-state index in [2.05, 4.69) is 15.6 Å². The van der Waals surface area contributed by atoms with Crippen molar-refractivity contribution in [2.45, 2.75) is 19.5 Å². The second kappa shape index (κ2) is 7.93. The van der Waals surface area contributed by atoms with Crippen molar-refractivity contribution >= 4 is 11.8 Å². The van der Waals surface area contributed by atoms with Crippen LogP contribution in [0.5, 0.6) is 5.75 Å². The highest BCUT2D eigenvalue weighted by Crippen LogP contribution is 2.17. The van der Waals surface area contributed by atoms with Crippen molar-refractivity contribution < 1.29 is 14.3 Å². The summed E-state index contributed by atoms with van der Waals surface area (Å²) < 4.78 is 5.09. The number of nitrogens with one attached hydrogen (secondary N) is 2. The first kappa shape index (κ1) is 16.5. The van der Waals surface area contributed by atoms with Gasteiger partial charge in [-0.05, 0) is 36.2 Å². The van der Waals surface area contributed by atoms with E-state index in [9.17, 15) is 9.59 Å². The van der Waals surface area contributed by atoms with Gasteiger partial charge in [-0.15, -0.1) is 0 Å². The lowest BCUT2D eigenvalue weighted by molar-refractivity contribution is -0.139. The smallest absolute Gasteiger partial charge is 0.309 e. The Balaban J connectivity index is 1.85. The van der Waals surface area contributed by atoms with Crippen molar-refractivity contribution in [3.8, 4) is 5.75 Å². The number of pyridine rings is 1. The Hall–Kier alpha value is -2.89. The van der Waals surface area contributed by atoms with Crippen LogP contribution in [-0.2, 0) is 16.1 Å². The number of amides is 2. The molecule has 2 aromatic rings. The lowest BCUT2D eigenvalue weighted by Crippen LogP contribution is -2.40. The molecule has 1 aromatic heterocycles. The summed E-state index contributed by atoms with van der Waals surface area (Å²) in [4.78, 5) is 27.7. The molecule has 1 atom stereocenters. The third kappa shape index (κ3) is 4.81. The van der Waals surface area contributed by atoms with Gasteiger partial charge >= 0.3 is 11.8 Å². The number of hydrogen-bond acceptors (Lipinski definition) is 4. The van der Waals surface area contributed by atoms with Crippen LogP contribution in [-0.4, -0.2) is 23.9 Å². The van der Waals surface area contributed by atoms with Crippen molar-refractivity contribution in [3.05, 3.63) is 59.9 Å². The normalized spacial score (nSPS) is 11.4. The lowest BCUT2D eigenvalue weighted by atomic mass is 10.1. The maximum Gasteiger partial charge on any atom is 0.309 e. The van der Waals surface area contributed by atoms with Crippen LogP contribution in [0.25, 0.3) is 0 Å². The van der Waals surface area contributed by atoms with E-state index >= 15 is 0 Å². The maximum atomic E-state index is 11.9. The Morgan fingerprint density at radius 2 is 1.91 bits per heavy atom. The number of hydrogen-bond donors (Lipinski definition) is 2. The second-order valence-electron chi connectivity index (χ2n) is 5.01. The average molecular weight is 313 g/mol. The molecule has 0 radical (unpaired) electrons. The lowest BCUT2D eigenvalue weighted by Gasteiger charge is -2.14.